The van der Waals surface area contributed by atoms with Gasteiger partial charge in [-0.3, -0.25) is 20.6 Å². The van der Waals surface area contributed by atoms with E-state index in [0.29, 0.717) is 0 Å². The van der Waals surface area contributed by atoms with E-state index in [9.17, 15) is 0 Å². The largest absolute Gasteiger partial charge is 0.290 e. The van der Waals surface area contributed by atoms with Crippen molar-refractivity contribution in [2.75, 3.05) is 9.80 Å². The first-order valence-corrected chi connectivity index (χ1v) is 11.4. The maximum Gasteiger partial charge on any atom is 0.162 e. The molecule has 33 heavy (non-hydrogen) atoms. The molecule has 0 aliphatic rings. The van der Waals surface area contributed by atoms with E-state index in [1.54, 1.807) is 9.80 Å². The topological polar surface area (TPSA) is 54.2 Å². The van der Waals surface area contributed by atoms with Crippen molar-refractivity contribution in [1.82, 2.24) is 0 Å². The lowest BCUT2D eigenvalue weighted by Crippen LogP contribution is -2.20. The van der Waals surface area contributed by atoms with Crippen molar-refractivity contribution in [3.8, 4) is 0 Å². The summed E-state index contributed by atoms with van der Waals surface area (Å²) in [5.74, 6) is 0. The molecule has 0 saturated heterocycles. The highest BCUT2D eigenvalue weighted by Crippen LogP contribution is 2.29. The first-order chi connectivity index (χ1) is 16.0. The van der Waals surface area contributed by atoms with Crippen LogP contribution < -0.4 is 9.80 Å². The molecule has 0 atom stereocenters. The molecule has 4 aromatic carbocycles. The number of para-hydroxylation sites is 2. The molecule has 0 radical (unpaired) electrons. The van der Waals surface area contributed by atoms with E-state index in [4.69, 9.17) is 10.8 Å². The molecule has 0 aliphatic heterocycles. The Kier molecular flexibility index (Phi) is 7.17. The van der Waals surface area contributed by atoms with E-state index < -0.39 is 0 Å². The average molecular weight is 469 g/mol. The minimum Gasteiger partial charge on any atom is -0.290 e. The predicted molar refractivity (Wildman–Crippen MR) is 146 cm³/mol. The summed E-state index contributed by atoms with van der Waals surface area (Å²) in [5, 5.41) is 16.5. The minimum absolute atomic E-state index is 0.169. The number of amidine groups is 2. The summed E-state index contributed by atoms with van der Waals surface area (Å²) in [6, 6.07) is 35.9. The summed E-state index contributed by atoms with van der Waals surface area (Å²) in [4.78, 5) is 3.60. The molecule has 0 aliphatic carbocycles. The van der Waals surface area contributed by atoms with Crippen molar-refractivity contribution in [3.05, 3.63) is 120 Å². The van der Waals surface area contributed by atoms with Gasteiger partial charge in [-0.2, -0.15) is 0 Å². The van der Waals surface area contributed by atoms with Crippen LogP contribution in [0.2, 0.25) is 0 Å². The molecule has 0 amide bonds. The number of nitrogens with one attached hydrogen (secondary N) is 2. The smallest absolute Gasteiger partial charge is 0.162 e. The normalized spacial score (nSPS) is 10.5. The van der Waals surface area contributed by atoms with Crippen LogP contribution in [0.15, 0.2) is 109 Å². The highest BCUT2D eigenvalue weighted by Gasteiger charge is 2.13. The summed E-state index contributed by atoms with van der Waals surface area (Å²) < 4.78 is 0. The first-order valence-electron chi connectivity index (χ1n) is 10.5. The van der Waals surface area contributed by atoms with Crippen molar-refractivity contribution in [2.45, 2.75) is 6.42 Å². The molecule has 164 valence electrons. The van der Waals surface area contributed by atoms with Crippen molar-refractivity contribution in [1.29, 1.82) is 10.8 Å². The van der Waals surface area contributed by atoms with Gasteiger partial charge in [0.1, 0.15) is 0 Å². The lowest BCUT2D eigenvalue weighted by molar-refractivity contribution is 1.18. The predicted octanol–water partition coefficient (Wildman–Crippen LogP) is 7.28. The van der Waals surface area contributed by atoms with Crippen LogP contribution in [0.1, 0.15) is 11.1 Å². The number of hydrogen-bond donors (Lipinski definition) is 4. The minimum atomic E-state index is 0.169. The quantitative estimate of drug-likeness (QED) is 0.136. The van der Waals surface area contributed by atoms with Crippen LogP contribution in [0.4, 0.5) is 22.7 Å². The molecule has 0 spiro atoms. The van der Waals surface area contributed by atoms with Crippen LogP contribution >= 0.6 is 25.3 Å². The molecule has 0 saturated carbocycles. The summed E-state index contributed by atoms with van der Waals surface area (Å²) in [6.07, 6.45) is 0.786. The van der Waals surface area contributed by atoms with Crippen LogP contribution in [0, 0.1) is 10.8 Å². The average Bonchev–Trinajstić information content (AvgIpc) is 2.83. The van der Waals surface area contributed by atoms with Gasteiger partial charge in [-0.15, -0.1) is 25.3 Å². The molecule has 0 bridgehead atoms. The van der Waals surface area contributed by atoms with Gasteiger partial charge in [-0.05, 0) is 66.1 Å². The maximum absolute atomic E-state index is 8.07. The molecule has 0 aromatic heterocycles. The SMILES string of the molecule is N=C(S)N(c1ccccc1)c1ccc(Cc2ccc(N(C(=N)S)c3ccccc3)cc2)cc1. The monoisotopic (exact) mass is 468 g/mol. The Morgan fingerprint density at radius 2 is 0.788 bits per heavy atom. The molecule has 4 rings (SSSR count). The molecule has 2 N–H and O–H groups in total. The van der Waals surface area contributed by atoms with E-state index in [2.05, 4.69) is 49.5 Å². The van der Waals surface area contributed by atoms with Gasteiger partial charge in [0, 0.05) is 22.7 Å². The number of hydrogen-bond acceptors (Lipinski definition) is 2. The summed E-state index contributed by atoms with van der Waals surface area (Å²) in [6.45, 7) is 0. The highest BCUT2D eigenvalue weighted by molar-refractivity contribution is 7.97. The lowest BCUT2D eigenvalue weighted by atomic mass is 10.0. The standard InChI is InChI=1S/C27H24N4S2/c28-26(32)30(22-7-3-1-4-8-22)24-15-11-20(12-16-24)19-21-13-17-25(18-14-21)31(27(29)33)23-9-5-2-6-10-23/h1-18H,19H2,(H2,28,32)(H2,29,33). The molecule has 4 aromatic rings. The number of anilines is 4. The zero-order valence-electron chi connectivity index (χ0n) is 17.9. The molecule has 4 nitrogen and oxygen atoms in total. The van der Waals surface area contributed by atoms with E-state index in [1.807, 2.05) is 84.9 Å². The van der Waals surface area contributed by atoms with E-state index in [0.717, 1.165) is 29.2 Å². The summed E-state index contributed by atoms with van der Waals surface area (Å²) in [7, 11) is 0. The number of benzene rings is 4. The van der Waals surface area contributed by atoms with E-state index in [-0.39, 0.29) is 10.3 Å². The lowest BCUT2D eigenvalue weighted by Gasteiger charge is -2.23. The van der Waals surface area contributed by atoms with Gasteiger partial charge in [-0.1, -0.05) is 60.7 Å². The molecular weight excluding hydrogens is 444 g/mol. The Labute approximate surface area is 205 Å². The van der Waals surface area contributed by atoms with E-state index >= 15 is 0 Å². The Hall–Kier alpha value is -3.48. The zero-order chi connectivity index (χ0) is 23.2. The second kappa shape index (κ2) is 10.4. The first kappa shape index (κ1) is 22.7. The van der Waals surface area contributed by atoms with Crippen molar-refractivity contribution >= 4 is 58.3 Å². The third kappa shape index (κ3) is 5.48. The second-order valence-corrected chi connectivity index (χ2v) is 8.35. The fraction of sp³-hybridized carbons (Fsp3) is 0.0370. The van der Waals surface area contributed by atoms with Gasteiger partial charge in [0.05, 0.1) is 0 Å². The van der Waals surface area contributed by atoms with Crippen molar-refractivity contribution in [3.63, 3.8) is 0 Å². The van der Waals surface area contributed by atoms with Gasteiger partial charge >= 0.3 is 0 Å². The fourth-order valence-electron chi connectivity index (χ4n) is 3.70. The highest BCUT2D eigenvalue weighted by atomic mass is 32.1. The molecule has 0 fully saturated rings. The van der Waals surface area contributed by atoms with Crippen LogP contribution in [-0.2, 0) is 6.42 Å². The summed E-state index contributed by atoms with van der Waals surface area (Å²) in [5.41, 5.74) is 5.94. The van der Waals surface area contributed by atoms with Crippen LogP contribution in [0.25, 0.3) is 0 Å². The fourth-order valence-corrected chi connectivity index (χ4v) is 4.16. The van der Waals surface area contributed by atoms with Gasteiger partial charge in [0.15, 0.2) is 10.3 Å². The van der Waals surface area contributed by atoms with E-state index in [1.165, 1.54) is 11.1 Å². The zero-order valence-corrected chi connectivity index (χ0v) is 19.7. The molecule has 0 unspecified atom stereocenters. The maximum atomic E-state index is 8.07. The Bertz CT molecular complexity index is 1130. The number of thiol groups is 2. The van der Waals surface area contributed by atoms with Crippen LogP contribution in [0.5, 0.6) is 0 Å². The molecular formula is C27H24N4S2. The van der Waals surface area contributed by atoms with Gasteiger partial charge < -0.3 is 0 Å². The van der Waals surface area contributed by atoms with Gasteiger partial charge in [-0.25, -0.2) is 0 Å². The third-order valence-corrected chi connectivity index (χ3v) is 5.65. The second-order valence-electron chi connectivity index (χ2n) is 7.50. The van der Waals surface area contributed by atoms with Crippen LogP contribution in [0.3, 0.4) is 0 Å². The van der Waals surface area contributed by atoms with Gasteiger partial charge in [0.2, 0.25) is 0 Å². The van der Waals surface area contributed by atoms with Crippen molar-refractivity contribution in [2.24, 2.45) is 0 Å². The van der Waals surface area contributed by atoms with Crippen LogP contribution in [-0.4, -0.2) is 10.3 Å². The number of nitrogens with zero attached hydrogens (tertiary/aromatic N) is 2. The Morgan fingerprint density at radius 3 is 1.09 bits per heavy atom. The summed E-state index contributed by atoms with van der Waals surface area (Å²) >= 11 is 8.55. The Morgan fingerprint density at radius 1 is 0.485 bits per heavy atom. The third-order valence-electron chi connectivity index (χ3n) is 5.25. The molecule has 6 heteroatoms. The van der Waals surface area contributed by atoms with Crippen molar-refractivity contribution < 1.29 is 0 Å². The Balaban J connectivity index is 1.50. The molecule has 0 heterocycles. The number of rotatable bonds is 6. The van der Waals surface area contributed by atoms with Gasteiger partial charge in [0.25, 0.3) is 0 Å².